The van der Waals surface area contributed by atoms with Crippen molar-refractivity contribution in [3.05, 3.63) is 0 Å². The molecule has 0 aromatic heterocycles. The molecule has 15 heavy (non-hydrogen) atoms. The van der Waals surface area contributed by atoms with Crippen LogP contribution in [0.15, 0.2) is 0 Å². The van der Waals surface area contributed by atoms with E-state index in [1.165, 1.54) is 19.3 Å². The van der Waals surface area contributed by atoms with Gasteiger partial charge in [0.2, 0.25) is 0 Å². The fraction of sp³-hybridized carbons (Fsp3) is 0.923. The number of hydrogen-bond donors (Lipinski definition) is 0. The summed E-state index contributed by atoms with van der Waals surface area (Å²) in [4.78, 5) is 11.7. The molecular weight excluding hydrogens is 188 g/mol. The second-order valence-electron chi connectivity index (χ2n) is 4.74. The first kappa shape index (κ1) is 12.5. The summed E-state index contributed by atoms with van der Waals surface area (Å²) in [6.07, 6.45) is 9.38. The number of esters is 1. The number of hydrogen-bond acceptors (Lipinski definition) is 2. The topological polar surface area (TPSA) is 26.3 Å². The van der Waals surface area contributed by atoms with Crippen LogP contribution in [0.3, 0.4) is 0 Å². The first-order valence-electron chi connectivity index (χ1n) is 6.44. The molecule has 0 spiro atoms. The minimum Gasteiger partial charge on any atom is -0.462 e. The summed E-state index contributed by atoms with van der Waals surface area (Å²) in [5.74, 6) is 0.113. The molecule has 0 aromatic rings. The van der Waals surface area contributed by atoms with Crippen molar-refractivity contribution < 1.29 is 9.53 Å². The summed E-state index contributed by atoms with van der Waals surface area (Å²) in [6, 6.07) is 0. The van der Waals surface area contributed by atoms with Gasteiger partial charge in [0, 0.05) is 0 Å². The lowest BCUT2D eigenvalue weighted by molar-refractivity contribution is -0.155. The van der Waals surface area contributed by atoms with Gasteiger partial charge in [0.25, 0.3) is 0 Å². The Labute approximate surface area is 93.4 Å². The van der Waals surface area contributed by atoms with Gasteiger partial charge in [-0.2, -0.15) is 0 Å². The minimum absolute atomic E-state index is 0.0235. The van der Waals surface area contributed by atoms with Crippen LogP contribution in [-0.4, -0.2) is 12.1 Å². The Bertz CT molecular complexity index is 183. The number of carbonyl (C=O) groups excluding carboxylic acids is 1. The van der Waals surface area contributed by atoms with E-state index in [2.05, 4.69) is 6.92 Å². The lowest BCUT2D eigenvalue weighted by atomic mass is 9.97. The predicted octanol–water partition coefficient (Wildman–Crippen LogP) is 3.69. The van der Waals surface area contributed by atoms with Gasteiger partial charge < -0.3 is 4.74 Å². The maximum atomic E-state index is 11.7. The van der Waals surface area contributed by atoms with Gasteiger partial charge in [0.15, 0.2) is 0 Å². The van der Waals surface area contributed by atoms with Gasteiger partial charge in [-0.1, -0.05) is 33.1 Å². The zero-order valence-corrected chi connectivity index (χ0v) is 10.1. The summed E-state index contributed by atoms with van der Waals surface area (Å²) in [5.41, 5.74) is 0. The molecule has 0 amide bonds. The van der Waals surface area contributed by atoms with Gasteiger partial charge >= 0.3 is 5.97 Å². The van der Waals surface area contributed by atoms with Gasteiger partial charge in [0.05, 0.1) is 5.92 Å². The lowest BCUT2D eigenvalue weighted by Crippen LogP contribution is -2.24. The van der Waals surface area contributed by atoms with Gasteiger partial charge in [-0.3, -0.25) is 4.79 Å². The number of ether oxygens (including phenoxy) is 1. The largest absolute Gasteiger partial charge is 0.462 e. The third-order valence-corrected chi connectivity index (χ3v) is 3.23. The van der Waals surface area contributed by atoms with E-state index >= 15 is 0 Å². The van der Waals surface area contributed by atoms with Crippen LogP contribution >= 0.6 is 0 Å². The highest BCUT2D eigenvalue weighted by Gasteiger charge is 2.21. The average molecular weight is 212 g/mol. The molecule has 1 atom stereocenters. The third-order valence-electron chi connectivity index (χ3n) is 3.23. The summed E-state index contributed by atoms with van der Waals surface area (Å²) < 4.78 is 5.51. The van der Waals surface area contributed by atoms with E-state index in [0.717, 1.165) is 32.1 Å². The van der Waals surface area contributed by atoms with Crippen LogP contribution in [0.25, 0.3) is 0 Å². The van der Waals surface area contributed by atoms with Crippen LogP contribution in [0.1, 0.15) is 65.2 Å². The highest BCUT2D eigenvalue weighted by atomic mass is 16.5. The molecule has 0 saturated heterocycles. The maximum Gasteiger partial charge on any atom is 0.308 e. The highest BCUT2D eigenvalue weighted by Crippen LogP contribution is 2.22. The Hall–Kier alpha value is -0.530. The van der Waals surface area contributed by atoms with Gasteiger partial charge in [-0.25, -0.2) is 0 Å². The number of unbranched alkanes of at least 4 members (excludes halogenated alkanes) is 1. The zero-order valence-electron chi connectivity index (χ0n) is 10.1. The Morgan fingerprint density at radius 3 is 2.60 bits per heavy atom. The van der Waals surface area contributed by atoms with Crippen molar-refractivity contribution in [3.8, 4) is 0 Å². The summed E-state index contributed by atoms with van der Waals surface area (Å²) in [5, 5.41) is 0. The van der Waals surface area contributed by atoms with E-state index in [9.17, 15) is 4.79 Å². The second kappa shape index (κ2) is 6.86. The summed E-state index contributed by atoms with van der Waals surface area (Å²) in [7, 11) is 0. The molecule has 0 bridgehead atoms. The Balaban J connectivity index is 2.20. The van der Waals surface area contributed by atoms with Crippen molar-refractivity contribution in [1.82, 2.24) is 0 Å². The molecule has 1 saturated carbocycles. The highest BCUT2D eigenvalue weighted by molar-refractivity contribution is 5.72. The van der Waals surface area contributed by atoms with Crippen molar-refractivity contribution in [3.63, 3.8) is 0 Å². The van der Waals surface area contributed by atoms with E-state index in [1.807, 2.05) is 6.92 Å². The molecule has 0 aromatic carbocycles. The van der Waals surface area contributed by atoms with Crippen molar-refractivity contribution in [2.45, 2.75) is 71.3 Å². The maximum absolute atomic E-state index is 11.7. The second-order valence-corrected chi connectivity index (χ2v) is 4.74. The van der Waals surface area contributed by atoms with Crippen LogP contribution < -0.4 is 0 Å². The van der Waals surface area contributed by atoms with Gasteiger partial charge in [-0.15, -0.1) is 0 Å². The molecule has 1 aliphatic rings. The average Bonchev–Trinajstić information content (AvgIpc) is 2.27. The molecule has 0 heterocycles. The zero-order chi connectivity index (χ0) is 11.1. The van der Waals surface area contributed by atoms with E-state index in [-0.39, 0.29) is 18.0 Å². The van der Waals surface area contributed by atoms with Crippen molar-refractivity contribution in [1.29, 1.82) is 0 Å². The molecule has 0 aliphatic heterocycles. The Morgan fingerprint density at radius 2 is 2.00 bits per heavy atom. The third kappa shape index (κ3) is 4.67. The SMILES string of the molecule is CCCCC(C)C(=O)OC1CCCCC1. The van der Waals surface area contributed by atoms with Crippen LogP contribution in [0, 0.1) is 5.92 Å². The van der Waals surface area contributed by atoms with Gasteiger partial charge in [-0.05, 0) is 32.1 Å². The fourth-order valence-electron chi connectivity index (χ4n) is 2.09. The molecule has 0 N–H and O–H groups in total. The van der Waals surface area contributed by atoms with E-state index in [1.54, 1.807) is 0 Å². The first-order chi connectivity index (χ1) is 7.24. The standard InChI is InChI=1S/C13H24O2/c1-3-4-8-11(2)13(14)15-12-9-6-5-7-10-12/h11-12H,3-10H2,1-2H3. The van der Waals surface area contributed by atoms with Crippen molar-refractivity contribution in [2.24, 2.45) is 5.92 Å². The number of carbonyl (C=O) groups is 1. The molecule has 1 unspecified atom stereocenters. The molecule has 88 valence electrons. The van der Waals surface area contributed by atoms with Crippen molar-refractivity contribution >= 4 is 5.97 Å². The molecule has 1 fully saturated rings. The quantitative estimate of drug-likeness (QED) is 0.650. The first-order valence-corrected chi connectivity index (χ1v) is 6.44. The Morgan fingerprint density at radius 1 is 1.33 bits per heavy atom. The minimum atomic E-state index is 0.0235. The fourth-order valence-corrected chi connectivity index (χ4v) is 2.09. The van der Waals surface area contributed by atoms with Crippen LogP contribution in [0.4, 0.5) is 0 Å². The molecule has 1 rings (SSSR count). The Kier molecular flexibility index (Phi) is 5.74. The number of rotatable bonds is 5. The van der Waals surface area contributed by atoms with E-state index in [4.69, 9.17) is 4.74 Å². The monoisotopic (exact) mass is 212 g/mol. The molecule has 2 nitrogen and oxygen atoms in total. The molecular formula is C13H24O2. The van der Waals surface area contributed by atoms with E-state index < -0.39 is 0 Å². The van der Waals surface area contributed by atoms with Gasteiger partial charge in [0.1, 0.15) is 6.10 Å². The predicted molar refractivity (Wildman–Crippen MR) is 61.7 cm³/mol. The van der Waals surface area contributed by atoms with E-state index in [0.29, 0.717) is 0 Å². The smallest absolute Gasteiger partial charge is 0.308 e. The van der Waals surface area contributed by atoms with Crippen LogP contribution in [0.2, 0.25) is 0 Å². The summed E-state index contributed by atoms with van der Waals surface area (Å²) >= 11 is 0. The summed E-state index contributed by atoms with van der Waals surface area (Å²) in [6.45, 7) is 4.14. The normalized spacial score (nSPS) is 19.9. The van der Waals surface area contributed by atoms with Crippen molar-refractivity contribution in [2.75, 3.05) is 0 Å². The lowest BCUT2D eigenvalue weighted by Gasteiger charge is -2.23. The molecule has 2 heteroatoms. The van der Waals surface area contributed by atoms with Crippen LogP contribution in [-0.2, 0) is 9.53 Å². The molecule has 1 aliphatic carbocycles. The van der Waals surface area contributed by atoms with Crippen LogP contribution in [0.5, 0.6) is 0 Å². The molecule has 0 radical (unpaired) electrons.